The van der Waals surface area contributed by atoms with Gasteiger partial charge in [-0.2, -0.15) is 0 Å². The highest BCUT2D eigenvalue weighted by atomic mass is 16.6. The number of carboxylic acid groups (broad SMARTS) is 1. The first kappa shape index (κ1) is 15.8. The molecule has 1 fully saturated rings. The molecule has 1 saturated heterocycles. The van der Waals surface area contributed by atoms with Crippen LogP contribution in [-0.2, 0) is 9.53 Å². The number of hydrogen-bond acceptors (Lipinski definition) is 3. The molecule has 0 aromatic heterocycles. The van der Waals surface area contributed by atoms with E-state index in [1.807, 2.05) is 27.7 Å². The van der Waals surface area contributed by atoms with Crippen LogP contribution in [0.2, 0.25) is 0 Å². The van der Waals surface area contributed by atoms with Gasteiger partial charge in [0.25, 0.3) is 0 Å². The molecule has 0 aromatic carbocycles. The van der Waals surface area contributed by atoms with Crippen LogP contribution in [-0.4, -0.2) is 40.3 Å². The molecule has 2 atom stereocenters. The van der Waals surface area contributed by atoms with Gasteiger partial charge in [0.15, 0.2) is 0 Å². The third-order valence-corrected chi connectivity index (χ3v) is 3.97. The number of hydrogen-bond donors (Lipinski definition) is 1. The predicted octanol–water partition coefficient (Wildman–Crippen LogP) is 2.89. The Morgan fingerprint density at radius 1 is 1.42 bits per heavy atom. The van der Waals surface area contributed by atoms with Crippen molar-refractivity contribution in [3.05, 3.63) is 0 Å². The second-order valence-electron chi connectivity index (χ2n) is 6.27. The van der Waals surface area contributed by atoms with Crippen LogP contribution in [0.1, 0.15) is 53.9 Å². The lowest BCUT2D eigenvalue weighted by Gasteiger charge is -2.45. The SMILES string of the molecule is CCC1(C(=O)O)CCCN(C(=O)OC(C)(C)C)C1C. The van der Waals surface area contributed by atoms with Crippen LogP contribution in [0.4, 0.5) is 4.79 Å². The van der Waals surface area contributed by atoms with Crippen LogP contribution in [0, 0.1) is 5.41 Å². The van der Waals surface area contributed by atoms with E-state index in [9.17, 15) is 14.7 Å². The molecule has 0 radical (unpaired) electrons. The first-order chi connectivity index (χ1) is 8.64. The highest BCUT2D eigenvalue weighted by Crippen LogP contribution is 2.39. The van der Waals surface area contributed by atoms with Crippen LogP contribution in [0.5, 0.6) is 0 Å². The van der Waals surface area contributed by atoms with Gasteiger partial charge in [-0.25, -0.2) is 4.79 Å². The van der Waals surface area contributed by atoms with Crippen molar-refractivity contribution in [1.29, 1.82) is 0 Å². The number of likely N-dealkylation sites (tertiary alicyclic amines) is 1. The summed E-state index contributed by atoms with van der Waals surface area (Å²) in [5, 5.41) is 9.51. The summed E-state index contributed by atoms with van der Waals surface area (Å²) in [5.41, 5.74) is -1.42. The molecule has 5 heteroatoms. The van der Waals surface area contributed by atoms with Gasteiger partial charge in [-0.15, -0.1) is 0 Å². The minimum Gasteiger partial charge on any atom is -0.481 e. The standard InChI is InChI=1S/C14H25NO4/c1-6-14(11(16)17)8-7-9-15(10(14)2)12(18)19-13(3,4)5/h10H,6-9H2,1-5H3,(H,16,17). The van der Waals surface area contributed by atoms with E-state index in [2.05, 4.69) is 0 Å². The summed E-state index contributed by atoms with van der Waals surface area (Å²) in [4.78, 5) is 25.3. The Balaban J connectivity index is 2.92. The maximum atomic E-state index is 12.2. The van der Waals surface area contributed by atoms with Crippen LogP contribution in [0.3, 0.4) is 0 Å². The van der Waals surface area contributed by atoms with Gasteiger partial charge in [0, 0.05) is 12.6 Å². The fourth-order valence-electron chi connectivity index (χ4n) is 2.74. The lowest BCUT2D eigenvalue weighted by Crippen LogP contribution is -2.56. The molecule has 1 aliphatic heterocycles. The minimum absolute atomic E-state index is 0.349. The number of carbonyl (C=O) groups is 2. The largest absolute Gasteiger partial charge is 0.481 e. The topological polar surface area (TPSA) is 66.8 Å². The summed E-state index contributed by atoms with van der Waals surface area (Å²) in [5.74, 6) is -0.823. The van der Waals surface area contributed by atoms with Gasteiger partial charge in [-0.1, -0.05) is 6.92 Å². The van der Waals surface area contributed by atoms with Crippen molar-refractivity contribution < 1.29 is 19.4 Å². The monoisotopic (exact) mass is 271 g/mol. The number of amides is 1. The van der Waals surface area contributed by atoms with E-state index < -0.39 is 23.1 Å². The minimum atomic E-state index is -0.852. The molecule has 0 aromatic rings. The van der Waals surface area contributed by atoms with Gasteiger partial charge < -0.3 is 14.7 Å². The maximum absolute atomic E-state index is 12.2. The molecule has 1 rings (SSSR count). The Bertz CT molecular complexity index is 361. The summed E-state index contributed by atoms with van der Waals surface area (Å²) in [6.07, 6.45) is 1.41. The summed E-state index contributed by atoms with van der Waals surface area (Å²) < 4.78 is 5.36. The van der Waals surface area contributed by atoms with Crippen molar-refractivity contribution in [3.63, 3.8) is 0 Å². The normalized spacial score (nSPS) is 28.1. The second-order valence-corrected chi connectivity index (χ2v) is 6.27. The average molecular weight is 271 g/mol. The van der Waals surface area contributed by atoms with Crippen molar-refractivity contribution in [2.24, 2.45) is 5.41 Å². The molecule has 0 saturated carbocycles. The number of ether oxygens (including phenoxy) is 1. The van der Waals surface area contributed by atoms with E-state index in [0.717, 1.165) is 0 Å². The third-order valence-electron chi connectivity index (χ3n) is 3.97. The third kappa shape index (κ3) is 3.19. The van der Waals surface area contributed by atoms with Crippen LogP contribution in [0.15, 0.2) is 0 Å². The van der Waals surface area contributed by atoms with Crippen molar-refractivity contribution in [2.45, 2.75) is 65.5 Å². The molecular weight excluding hydrogens is 246 g/mol. The fraction of sp³-hybridized carbons (Fsp3) is 0.857. The van der Waals surface area contributed by atoms with Gasteiger partial charge in [-0.3, -0.25) is 4.79 Å². The molecule has 1 amide bonds. The van der Waals surface area contributed by atoms with E-state index in [4.69, 9.17) is 4.74 Å². The van der Waals surface area contributed by atoms with E-state index in [1.165, 1.54) is 0 Å². The zero-order valence-corrected chi connectivity index (χ0v) is 12.5. The first-order valence-electron chi connectivity index (χ1n) is 6.87. The zero-order valence-electron chi connectivity index (χ0n) is 12.5. The van der Waals surface area contributed by atoms with Gasteiger partial charge >= 0.3 is 12.1 Å². The molecule has 0 spiro atoms. The van der Waals surface area contributed by atoms with Crippen molar-refractivity contribution >= 4 is 12.1 Å². The van der Waals surface area contributed by atoms with E-state index in [0.29, 0.717) is 25.8 Å². The average Bonchev–Trinajstić information content (AvgIpc) is 2.26. The molecule has 110 valence electrons. The molecule has 2 unspecified atom stereocenters. The van der Waals surface area contributed by atoms with Gasteiger partial charge in [0.2, 0.25) is 0 Å². The molecule has 1 aliphatic rings. The Labute approximate surface area is 114 Å². The molecule has 0 bridgehead atoms. The number of carboxylic acids is 1. The number of carbonyl (C=O) groups excluding carboxylic acids is 1. The van der Waals surface area contributed by atoms with E-state index in [-0.39, 0.29) is 6.04 Å². The fourth-order valence-corrected chi connectivity index (χ4v) is 2.74. The zero-order chi connectivity index (χ0) is 14.8. The summed E-state index contributed by atoms with van der Waals surface area (Å²) in [7, 11) is 0. The molecule has 0 aliphatic carbocycles. The molecule has 19 heavy (non-hydrogen) atoms. The smallest absolute Gasteiger partial charge is 0.410 e. The number of aliphatic carboxylic acids is 1. The number of piperidine rings is 1. The van der Waals surface area contributed by atoms with Crippen LogP contribution >= 0.6 is 0 Å². The van der Waals surface area contributed by atoms with Crippen LogP contribution in [0.25, 0.3) is 0 Å². The lowest BCUT2D eigenvalue weighted by atomic mass is 9.72. The summed E-state index contributed by atoms with van der Waals surface area (Å²) in [6, 6.07) is -0.349. The molecule has 5 nitrogen and oxygen atoms in total. The van der Waals surface area contributed by atoms with Gasteiger partial charge in [-0.05, 0) is 47.0 Å². The van der Waals surface area contributed by atoms with E-state index in [1.54, 1.807) is 11.8 Å². The summed E-state index contributed by atoms with van der Waals surface area (Å²) >= 11 is 0. The van der Waals surface area contributed by atoms with Crippen molar-refractivity contribution in [2.75, 3.05) is 6.54 Å². The van der Waals surface area contributed by atoms with Gasteiger partial charge in [0.05, 0.1) is 5.41 Å². The predicted molar refractivity (Wildman–Crippen MR) is 72.0 cm³/mol. The van der Waals surface area contributed by atoms with Crippen molar-refractivity contribution in [1.82, 2.24) is 4.90 Å². The molecular formula is C14H25NO4. The Morgan fingerprint density at radius 2 is 2.00 bits per heavy atom. The Kier molecular flexibility index (Phi) is 4.48. The number of rotatable bonds is 2. The number of nitrogens with zero attached hydrogens (tertiary/aromatic N) is 1. The molecule has 1 N–H and O–H groups in total. The van der Waals surface area contributed by atoms with E-state index >= 15 is 0 Å². The Morgan fingerprint density at radius 3 is 2.42 bits per heavy atom. The molecule has 1 heterocycles. The highest BCUT2D eigenvalue weighted by Gasteiger charge is 2.49. The van der Waals surface area contributed by atoms with Crippen molar-refractivity contribution in [3.8, 4) is 0 Å². The second kappa shape index (κ2) is 5.39. The van der Waals surface area contributed by atoms with Gasteiger partial charge in [0.1, 0.15) is 5.60 Å². The highest BCUT2D eigenvalue weighted by molar-refractivity contribution is 5.78. The van der Waals surface area contributed by atoms with Crippen LogP contribution < -0.4 is 0 Å². The maximum Gasteiger partial charge on any atom is 0.410 e. The lowest BCUT2D eigenvalue weighted by molar-refractivity contribution is -0.156. The first-order valence-corrected chi connectivity index (χ1v) is 6.87. The quantitative estimate of drug-likeness (QED) is 0.838. The Hall–Kier alpha value is -1.26. The summed E-state index contributed by atoms with van der Waals surface area (Å²) in [6.45, 7) is 9.66.